The minimum Gasteiger partial charge on any atom is -0.495 e. The summed E-state index contributed by atoms with van der Waals surface area (Å²) in [7, 11) is 1.60. The summed E-state index contributed by atoms with van der Waals surface area (Å²) in [6.45, 7) is 0. The Kier molecular flexibility index (Phi) is 5.76. The van der Waals surface area contributed by atoms with E-state index in [1.807, 2.05) is 36.4 Å². The summed E-state index contributed by atoms with van der Waals surface area (Å²) in [6, 6.07) is 24.2. The maximum atomic E-state index is 9.47. The molecule has 0 spiro atoms. The van der Waals surface area contributed by atoms with E-state index in [0.29, 0.717) is 33.6 Å². The van der Waals surface area contributed by atoms with Crippen molar-refractivity contribution in [3.8, 4) is 41.6 Å². The number of nitrogens with zero attached hydrogens (tertiary/aromatic N) is 2. The summed E-state index contributed by atoms with van der Waals surface area (Å²) >= 11 is 0. The van der Waals surface area contributed by atoms with Crippen molar-refractivity contribution in [2.45, 2.75) is 0 Å². The molecule has 0 bridgehead atoms. The van der Waals surface area contributed by atoms with Crippen LogP contribution in [0.25, 0.3) is 0 Å². The van der Waals surface area contributed by atoms with Crippen LogP contribution in [0.4, 0.5) is 0 Å². The summed E-state index contributed by atoms with van der Waals surface area (Å²) < 4.78 is 5.29. The van der Waals surface area contributed by atoms with Gasteiger partial charge in [0.2, 0.25) is 0 Å². The lowest BCUT2D eigenvalue weighted by molar-refractivity contribution is 0.413. The average Bonchev–Trinajstić information content (AvgIpc) is 2.76. The number of hydrogen-bond acceptors (Lipinski definition) is 3. The molecule has 3 aromatic rings. The van der Waals surface area contributed by atoms with Crippen molar-refractivity contribution in [3.05, 3.63) is 100 Å². The number of benzene rings is 3. The average molecular weight is 358 g/mol. The Balaban J connectivity index is 1.93. The van der Waals surface area contributed by atoms with Crippen molar-refractivity contribution in [2.24, 2.45) is 0 Å². The van der Waals surface area contributed by atoms with Crippen molar-refractivity contribution in [3.63, 3.8) is 0 Å². The third-order valence-corrected chi connectivity index (χ3v) is 3.97. The van der Waals surface area contributed by atoms with E-state index in [9.17, 15) is 5.26 Å². The molecule has 3 aromatic carbocycles. The zero-order chi connectivity index (χ0) is 19.8. The van der Waals surface area contributed by atoms with Gasteiger partial charge in [-0.05, 0) is 42.5 Å². The molecule has 0 radical (unpaired) electrons. The molecule has 0 N–H and O–H groups in total. The van der Waals surface area contributed by atoms with Gasteiger partial charge in [-0.3, -0.25) is 0 Å². The highest BCUT2D eigenvalue weighted by Crippen LogP contribution is 2.16. The van der Waals surface area contributed by atoms with E-state index in [1.165, 1.54) is 0 Å². The van der Waals surface area contributed by atoms with Crippen LogP contribution in [-0.2, 0) is 0 Å². The van der Waals surface area contributed by atoms with E-state index in [0.717, 1.165) is 5.56 Å². The van der Waals surface area contributed by atoms with Gasteiger partial charge in [0, 0.05) is 16.7 Å². The van der Waals surface area contributed by atoms with Crippen LogP contribution in [0.5, 0.6) is 5.75 Å². The van der Waals surface area contributed by atoms with E-state index in [2.05, 4.69) is 35.8 Å². The highest BCUT2D eigenvalue weighted by atomic mass is 16.5. The molecular formula is C25H14N2O. The minimum atomic E-state index is 0.447. The number of nitriles is 2. The van der Waals surface area contributed by atoms with Gasteiger partial charge in [-0.1, -0.05) is 47.9 Å². The Morgan fingerprint density at radius 3 is 1.89 bits per heavy atom. The second kappa shape index (κ2) is 8.78. The van der Waals surface area contributed by atoms with Gasteiger partial charge in [0.25, 0.3) is 0 Å². The van der Waals surface area contributed by atoms with Gasteiger partial charge in [-0.15, -0.1) is 0 Å². The molecule has 0 heterocycles. The zero-order valence-electron chi connectivity index (χ0n) is 15.2. The summed E-state index contributed by atoms with van der Waals surface area (Å²) in [5.74, 6) is 12.8. The molecule has 0 aliphatic rings. The Morgan fingerprint density at radius 1 is 0.607 bits per heavy atom. The molecule has 0 aromatic heterocycles. The number of ether oxygens (including phenoxy) is 1. The Labute approximate surface area is 164 Å². The summed E-state index contributed by atoms with van der Waals surface area (Å²) in [5, 5.41) is 18.6. The van der Waals surface area contributed by atoms with Gasteiger partial charge >= 0.3 is 0 Å². The summed E-state index contributed by atoms with van der Waals surface area (Å²) in [4.78, 5) is 0. The Morgan fingerprint density at radius 2 is 1.18 bits per heavy atom. The Hall–Kier alpha value is -4.44. The maximum absolute atomic E-state index is 9.47. The third kappa shape index (κ3) is 4.20. The van der Waals surface area contributed by atoms with E-state index in [1.54, 1.807) is 37.4 Å². The zero-order valence-corrected chi connectivity index (χ0v) is 15.2. The minimum absolute atomic E-state index is 0.447. The van der Waals surface area contributed by atoms with Gasteiger partial charge in [-0.2, -0.15) is 10.5 Å². The fourth-order valence-corrected chi connectivity index (χ4v) is 2.54. The summed E-state index contributed by atoms with van der Waals surface area (Å²) in [6.07, 6.45) is 0. The fraction of sp³-hybridized carbons (Fsp3) is 0.0400. The van der Waals surface area contributed by atoms with Crippen molar-refractivity contribution in [1.29, 1.82) is 10.5 Å². The maximum Gasteiger partial charge on any atom is 0.134 e. The van der Waals surface area contributed by atoms with Crippen LogP contribution in [-0.4, -0.2) is 7.11 Å². The number of methoxy groups -OCH3 is 1. The molecule has 28 heavy (non-hydrogen) atoms. The van der Waals surface area contributed by atoms with Crippen LogP contribution < -0.4 is 4.74 Å². The standard InChI is InChI=1S/C25H14N2O/c1-28-25-9-5-4-7-22(25)15-14-21-13-11-19(16-24(21)18-27)10-12-20-6-2-3-8-23(20)17-26/h2-9,11,13,16H,1H3. The number of para-hydroxylation sites is 1. The van der Waals surface area contributed by atoms with Gasteiger partial charge in [0.15, 0.2) is 0 Å². The topological polar surface area (TPSA) is 56.8 Å². The van der Waals surface area contributed by atoms with Crippen molar-refractivity contribution >= 4 is 0 Å². The normalized spacial score (nSPS) is 8.96. The smallest absolute Gasteiger partial charge is 0.134 e. The molecule has 0 saturated heterocycles. The molecule has 0 amide bonds. The number of hydrogen-bond donors (Lipinski definition) is 0. The quantitative estimate of drug-likeness (QED) is 0.612. The van der Waals surface area contributed by atoms with Crippen LogP contribution in [0, 0.1) is 46.3 Å². The number of rotatable bonds is 1. The van der Waals surface area contributed by atoms with E-state index < -0.39 is 0 Å². The first-order valence-corrected chi connectivity index (χ1v) is 8.45. The molecule has 0 saturated carbocycles. The first-order valence-electron chi connectivity index (χ1n) is 8.45. The van der Waals surface area contributed by atoms with Crippen LogP contribution >= 0.6 is 0 Å². The van der Waals surface area contributed by atoms with Gasteiger partial charge in [0.05, 0.1) is 23.8 Å². The van der Waals surface area contributed by atoms with Crippen molar-refractivity contribution in [1.82, 2.24) is 0 Å². The predicted octanol–water partition coefficient (Wildman–Crippen LogP) is 4.24. The molecule has 0 atom stereocenters. The third-order valence-electron chi connectivity index (χ3n) is 3.97. The molecule has 3 rings (SSSR count). The van der Waals surface area contributed by atoms with Crippen LogP contribution in [0.1, 0.15) is 33.4 Å². The van der Waals surface area contributed by atoms with E-state index in [4.69, 9.17) is 10.00 Å². The van der Waals surface area contributed by atoms with Gasteiger partial charge in [-0.25, -0.2) is 0 Å². The highest BCUT2D eigenvalue weighted by Gasteiger charge is 2.02. The molecular weight excluding hydrogens is 344 g/mol. The van der Waals surface area contributed by atoms with Crippen LogP contribution in [0.3, 0.4) is 0 Å². The SMILES string of the molecule is COc1ccccc1C#Cc1ccc(C#Cc2ccccc2C#N)cc1C#N. The van der Waals surface area contributed by atoms with Gasteiger partial charge < -0.3 is 4.74 Å². The molecule has 0 aliphatic carbocycles. The van der Waals surface area contributed by atoms with Crippen molar-refractivity contribution in [2.75, 3.05) is 7.11 Å². The first-order chi connectivity index (χ1) is 13.7. The van der Waals surface area contributed by atoms with Crippen molar-refractivity contribution < 1.29 is 4.74 Å². The lowest BCUT2D eigenvalue weighted by Gasteiger charge is -2.01. The van der Waals surface area contributed by atoms with Crippen LogP contribution in [0.2, 0.25) is 0 Å². The molecule has 3 heteroatoms. The molecule has 3 nitrogen and oxygen atoms in total. The fourth-order valence-electron chi connectivity index (χ4n) is 2.54. The largest absolute Gasteiger partial charge is 0.495 e. The second-order valence-electron chi connectivity index (χ2n) is 5.73. The monoisotopic (exact) mass is 358 g/mol. The molecule has 0 unspecified atom stereocenters. The first kappa shape index (κ1) is 18.4. The Bertz CT molecular complexity index is 1240. The highest BCUT2D eigenvalue weighted by molar-refractivity contribution is 5.57. The van der Waals surface area contributed by atoms with Gasteiger partial charge in [0.1, 0.15) is 17.9 Å². The van der Waals surface area contributed by atoms with E-state index in [-0.39, 0.29) is 0 Å². The molecule has 130 valence electrons. The van der Waals surface area contributed by atoms with Crippen LogP contribution in [0.15, 0.2) is 66.7 Å². The second-order valence-corrected chi connectivity index (χ2v) is 5.73. The lowest BCUT2D eigenvalue weighted by atomic mass is 10.0. The summed E-state index contributed by atoms with van der Waals surface area (Å²) in [5.41, 5.74) is 3.69. The van der Waals surface area contributed by atoms with E-state index >= 15 is 0 Å². The molecule has 0 fully saturated rings. The lowest BCUT2D eigenvalue weighted by Crippen LogP contribution is -1.89. The predicted molar refractivity (Wildman–Crippen MR) is 107 cm³/mol. The molecule has 0 aliphatic heterocycles.